The van der Waals surface area contributed by atoms with Crippen LogP contribution >= 0.6 is 0 Å². The van der Waals surface area contributed by atoms with Crippen molar-refractivity contribution in [3.8, 4) is 5.75 Å². The van der Waals surface area contributed by atoms with E-state index in [2.05, 4.69) is 0 Å². The fourth-order valence-corrected chi connectivity index (χ4v) is 2.16. The highest BCUT2D eigenvalue weighted by Gasteiger charge is 2.09. The highest BCUT2D eigenvalue weighted by atomic mass is 16.5. The Morgan fingerprint density at radius 3 is 2.35 bits per heavy atom. The Kier molecular flexibility index (Phi) is 6.63. The summed E-state index contributed by atoms with van der Waals surface area (Å²) in [6.45, 7) is 3.69. The van der Waals surface area contributed by atoms with Gasteiger partial charge in [-0.05, 0) is 30.2 Å². The molecule has 2 rings (SSSR count). The smallest absolute Gasteiger partial charge is 0.248 e. The Morgan fingerprint density at radius 2 is 1.70 bits per heavy atom. The summed E-state index contributed by atoms with van der Waals surface area (Å²) in [5, 5.41) is 0. The molecule has 1 amide bonds. The van der Waals surface area contributed by atoms with Crippen molar-refractivity contribution >= 4 is 5.91 Å². The summed E-state index contributed by atoms with van der Waals surface area (Å²) in [7, 11) is 1.78. The van der Waals surface area contributed by atoms with Crippen molar-refractivity contribution in [2.24, 2.45) is 0 Å². The van der Waals surface area contributed by atoms with Crippen LogP contribution in [-0.4, -0.2) is 31.1 Å². The Bertz CT molecular complexity index is 596. The number of benzene rings is 2. The molecule has 4 heteroatoms. The Hall–Kier alpha value is -2.33. The summed E-state index contributed by atoms with van der Waals surface area (Å²) in [4.78, 5) is 13.8. The van der Waals surface area contributed by atoms with Crippen LogP contribution in [0.25, 0.3) is 0 Å². The third-order valence-corrected chi connectivity index (χ3v) is 3.42. The maximum Gasteiger partial charge on any atom is 0.248 e. The van der Waals surface area contributed by atoms with Gasteiger partial charge in [-0.1, -0.05) is 42.5 Å². The van der Waals surface area contributed by atoms with Gasteiger partial charge in [0.25, 0.3) is 0 Å². The molecule has 23 heavy (non-hydrogen) atoms. The number of hydrogen-bond acceptors (Lipinski definition) is 3. The molecule has 2 aromatic carbocycles. The first-order valence-corrected chi connectivity index (χ1v) is 7.76. The molecule has 0 aromatic heterocycles. The van der Waals surface area contributed by atoms with Crippen LogP contribution in [0.3, 0.4) is 0 Å². The van der Waals surface area contributed by atoms with E-state index >= 15 is 0 Å². The third kappa shape index (κ3) is 5.75. The first kappa shape index (κ1) is 17.0. The van der Waals surface area contributed by atoms with E-state index in [1.54, 1.807) is 11.9 Å². The van der Waals surface area contributed by atoms with Gasteiger partial charge in [-0.25, -0.2) is 0 Å². The standard InChI is InChI=1S/C19H23NO3/c1-3-23-18-11-9-16(10-12-18)13-20(2)19(21)15-22-14-17-7-5-4-6-8-17/h4-12H,3,13-15H2,1-2H3. The number of likely N-dealkylation sites (N-methyl/N-ethyl adjacent to an activating group) is 1. The van der Waals surface area contributed by atoms with Crippen molar-refractivity contribution in [3.63, 3.8) is 0 Å². The normalized spacial score (nSPS) is 10.3. The molecular formula is C19H23NO3. The number of rotatable bonds is 8. The second kappa shape index (κ2) is 8.96. The first-order valence-electron chi connectivity index (χ1n) is 7.76. The summed E-state index contributed by atoms with van der Waals surface area (Å²) < 4.78 is 10.9. The number of carbonyl (C=O) groups excluding carboxylic acids is 1. The molecule has 0 N–H and O–H groups in total. The molecule has 0 aliphatic rings. The fourth-order valence-electron chi connectivity index (χ4n) is 2.16. The molecular weight excluding hydrogens is 290 g/mol. The van der Waals surface area contributed by atoms with Gasteiger partial charge in [0.1, 0.15) is 12.4 Å². The van der Waals surface area contributed by atoms with E-state index in [0.29, 0.717) is 19.8 Å². The Morgan fingerprint density at radius 1 is 1.00 bits per heavy atom. The Balaban J connectivity index is 1.75. The van der Waals surface area contributed by atoms with Gasteiger partial charge < -0.3 is 14.4 Å². The number of amides is 1. The van der Waals surface area contributed by atoms with Crippen LogP contribution in [0, 0.1) is 0 Å². The van der Waals surface area contributed by atoms with Gasteiger partial charge in [-0.3, -0.25) is 4.79 Å². The lowest BCUT2D eigenvalue weighted by Crippen LogP contribution is -2.29. The van der Waals surface area contributed by atoms with E-state index in [-0.39, 0.29) is 12.5 Å². The first-order chi connectivity index (χ1) is 11.2. The van der Waals surface area contributed by atoms with Crippen molar-refractivity contribution in [1.82, 2.24) is 4.90 Å². The fraction of sp³-hybridized carbons (Fsp3) is 0.316. The van der Waals surface area contributed by atoms with E-state index in [1.807, 2.05) is 61.5 Å². The van der Waals surface area contributed by atoms with Crippen molar-refractivity contribution in [2.45, 2.75) is 20.1 Å². The van der Waals surface area contributed by atoms with Gasteiger partial charge in [-0.15, -0.1) is 0 Å². The topological polar surface area (TPSA) is 38.8 Å². The van der Waals surface area contributed by atoms with Gasteiger partial charge in [0.05, 0.1) is 13.2 Å². The number of nitrogens with zero attached hydrogens (tertiary/aromatic N) is 1. The minimum Gasteiger partial charge on any atom is -0.494 e. The molecule has 0 unspecified atom stereocenters. The minimum absolute atomic E-state index is 0.0326. The van der Waals surface area contributed by atoms with Crippen molar-refractivity contribution in [3.05, 3.63) is 65.7 Å². The predicted octanol–water partition coefficient (Wildman–Crippen LogP) is 3.26. The molecule has 0 radical (unpaired) electrons. The largest absolute Gasteiger partial charge is 0.494 e. The highest BCUT2D eigenvalue weighted by Crippen LogP contribution is 2.13. The zero-order valence-electron chi connectivity index (χ0n) is 13.7. The van der Waals surface area contributed by atoms with E-state index in [9.17, 15) is 4.79 Å². The molecule has 0 fully saturated rings. The third-order valence-electron chi connectivity index (χ3n) is 3.42. The van der Waals surface area contributed by atoms with Crippen molar-refractivity contribution in [2.75, 3.05) is 20.3 Å². The molecule has 0 saturated heterocycles. The van der Waals surface area contributed by atoms with Crippen molar-refractivity contribution < 1.29 is 14.3 Å². The molecule has 0 heterocycles. The average molecular weight is 313 g/mol. The summed E-state index contributed by atoms with van der Waals surface area (Å²) in [6, 6.07) is 17.6. The molecule has 4 nitrogen and oxygen atoms in total. The quantitative estimate of drug-likeness (QED) is 0.751. The lowest BCUT2D eigenvalue weighted by atomic mass is 10.2. The van der Waals surface area contributed by atoms with E-state index in [4.69, 9.17) is 9.47 Å². The zero-order chi connectivity index (χ0) is 16.5. The predicted molar refractivity (Wildman–Crippen MR) is 90.2 cm³/mol. The number of hydrogen-bond donors (Lipinski definition) is 0. The molecule has 122 valence electrons. The lowest BCUT2D eigenvalue weighted by molar-refractivity contribution is -0.135. The lowest BCUT2D eigenvalue weighted by Gasteiger charge is -2.17. The van der Waals surface area contributed by atoms with Crippen LogP contribution in [0.2, 0.25) is 0 Å². The summed E-state index contributed by atoms with van der Waals surface area (Å²) in [5.41, 5.74) is 2.13. The maximum atomic E-state index is 12.1. The molecule has 0 spiro atoms. The monoisotopic (exact) mass is 313 g/mol. The van der Waals surface area contributed by atoms with Crippen LogP contribution in [0.4, 0.5) is 0 Å². The second-order valence-corrected chi connectivity index (χ2v) is 5.31. The molecule has 0 atom stereocenters. The molecule has 0 bridgehead atoms. The molecule has 0 aliphatic carbocycles. The minimum atomic E-state index is -0.0326. The van der Waals surface area contributed by atoms with E-state index in [0.717, 1.165) is 16.9 Å². The van der Waals surface area contributed by atoms with Crippen molar-refractivity contribution in [1.29, 1.82) is 0 Å². The van der Waals surface area contributed by atoms with Crippen LogP contribution in [0.5, 0.6) is 5.75 Å². The van der Waals surface area contributed by atoms with Crippen LogP contribution in [0.1, 0.15) is 18.1 Å². The summed E-state index contributed by atoms with van der Waals surface area (Å²) in [6.07, 6.45) is 0. The average Bonchev–Trinajstić information content (AvgIpc) is 2.57. The zero-order valence-corrected chi connectivity index (χ0v) is 13.7. The van der Waals surface area contributed by atoms with Gasteiger partial charge in [0.15, 0.2) is 0 Å². The van der Waals surface area contributed by atoms with Crippen LogP contribution in [0.15, 0.2) is 54.6 Å². The van der Waals surface area contributed by atoms with Gasteiger partial charge >= 0.3 is 0 Å². The number of carbonyl (C=O) groups is 1. The van der Waals surface area contributed by atoms with Crippen LogP contribution in [-0.2, 0) is 22.7 Å². The highest BCUT2D eigenvalue weighted by molar-refractivity contribution is 5.77. The molecule has 0 aliphatic heterocycles. The number of ether oxygens (including phenoxy) is 2. The van der Waals surface area contributed by atoms with Crippen LogP contribution < -0.4 is 4.74 Å². The second-order valence-electron chi connectivity index (χ2n) is 5.31. The molecule has 2 aromatic rings. The van der Waals surface area contributed by atoms with E-state index in [1.165, 1.54) is 0 Å². The summed E-state index contributed by atoms with van der Waals surface area (Å²) >= 11 is 0. The SMILES string of the molecule is CCOc1ccc(CN(C)C(=O)COCc2ccccc2)cc1. The Labute approximate surface area is 137 Å². The van der Waals surface area contributed by atoms with Gasteiger partial charge in [0.2, 0.25) is 5.91 Å². The maximum absolute atomic E-state index is 12.1. The van der Waals surface area contributed by atoms with Gasteiger partial charge in [-0.2, -0.15) is 0 Å². The van der Waals surface area contributed by atoms with E-state index < -0.39 is 0 Å². The molecule has 0 saturated carbocycles. The summed E-state index contributed by atoms with van der Waals surface area (Å²) in [5.74, 6) is 0.811. The van der Waals surface area contributed by atoms with Gasteiger partial charge in [0, 0.05) is 13.6 Å².